The number of aromatic carboxylic acids is 1. The summed E-state index contributed by atoms with van der Waals surface area (Å²) in [6, 6.07) is 11.9. The summed E-state index contributed by atoms with van der Waals surface area (Å²) in [6.07, 6.45) is 3.92. The largest absolute Gasteiger partial charge is 1.00 e. The molecule has 2 N–H and O–H groups in total. The molecule has 0 saturated heterocycles. The number of carbonyl (C=O) groups excluding carboxylic acids is 1. The van der Waals surface area contributed by atoms with E-state index in [0.29, 0.717) is 23.2 Å². The normalized spacial score (nSPS) is 10.5. The van der Waals surface area contributed by atoms with Gasteiger partial charge >= 0.3 is 41.5 Å². The van der Waals surface area contributed by atoms with Gasteiger partial charge in [-0.2, -0.15) is 0 Å². The first kappa shape index (κ1) is 31.4. The Morgan fingerprint density at radius 3 is 1.60 bits per heavy atom. The third kappa shape index (κ3) is 6.78. The number of esters is 1. The van der Waals surface area contributed by atoms with Crippen LogP contribution in [-0.2, 0) is 4.74 Å². The van der Waals surface area contributed by atoms with Crippen molar-refractivity contribution < 1.29 is 54.5 Å². The number of benzene rings is 2. The van der Waals surface area contributed by atoms with Crippen LogP contribution in [0.5, 0.6) is 0 Å². The molecule has 0 radical (unpaired) electrons. The Bertz CT molecular complexity index is 1340. The maximum absolute atomic E-state index is 11.7. The van der Waals surface area contributed by atoms with Gasteiger partial charge in [-0.15, -0.1) is 0 Å². The number of ether oxygens (including phenoxy) is 1. The monoisotopic (exact) mass is 616 g/mol. The molecule has 0 saturated carbocycles. The molecule has 2 heterocycles. The van der Waals surface area contributed by atoms with Crippen LogP contribution in [0.25, 0.3) is 21.8 Å². The van der Waals surface area contributed by atoms with Crippen molar-refractivity contribution in [3.8, 4) is 0 Å². The van der Waals surface area contributed by atoms with E-state index in [1.165, 1.54) is 7.11 Å². The molecule has 0 atom stereocenters. The zero-order valence-electron chi connectivity index (χ0n) is 20.5. The number of fused-ring (bicyclic) bond motifs is 2. The summed E-state index contributed by atoms with van der Waals surface area (Å²) in [5, 5.41) is 10.8. The molecule has 182 valence electrons. The molecule has 10 heteroatoms. The van der Waals surface area contributed by atoms with Gasteiger partial charge in [0.25, 0.3) is 0 Å². The van der Waals surface area contributed by atoms with Gasteiger partial charge in [-0.05, 0) is 64.1 Å². The smallest absolute Gasteiger partial charge is 0.870 e. The van der Waals surface area contributed by atoms with Crippen LogP contribution in [0.3, 0.4) is 0 Å². The minimum absolute atomic E-state index is 0. The fraction of sp³-hybridized carbons (Fsp3) is 0.280. The van der Waals surface area contributed by atoms with Crippen molar-refractivity contribution in [1.82, 2.24) is 9.13 Å². The van der Waals surface area contributed by atoms with Crippen molar-refractivity contribution >= 4 is 65.6 Å². The van der Waals surface area contributed by atoms with Crippen LogP contribution in [0.2, 0.25) is 0 Å². The molecular weight excluding hydrogens is 591 g/mol. The Labute approximate surface area is 243 Å². The zero-order chi connectivity index (χ0) is 24.4. The number of carbonyl (C=O) groups is 2. The van der Waals surface area contributed by atoms with Crippen LogP contribution in [0, 0.1) is 0 Å². The average molecular weight is 618 g/mol. The quantitative estimate of drug-likeness (QED) is 0.272. The zero-order valence-corrected chi connectivity index (χ0v) is 25.7. The predicted molar refractivity (Wildman–Crippen MR) is 140 cm³/mol. The van der Waals surface area contributed by atoms with Crippen molar-refractivity contribution in [2.75, 3.05) is 7.11 Å². The van der Waals surface area contributed by atoms with E-state index < -0.39 is 5.97 Å². The number of halogens is 2. The molecule has 0 aliphatic rings. The van der Waals surface area contributed by atoms with Crippen LogP contribution in [0.1, 0.15) is 60.5 Å². The van der Waals surface area contributed by atoms with E-state index in [2.05, 4.69) is 68.7 Å². The van der Waals surface area contributed by atoms with E-state index >= 15 is 0 Å². The van der Waals surface area contributed by atoms with Gasteiger partial charge in [0.1, 0.15) is 0 Å². The van der Waals surface area contributed by atoms with Crippen molar-refractivity contribution in [1.29, 1.82) is 0 Å². The Morgan fingerprint density at radius 1 is 0.829 bits per heavy atom. The van der Waals surface area contributed by atoms with Crippen LogP contribution in [0.4, 0.5) is 0 Å². The summed E-state index contributed by atoms with van der Waals surface area (Å²) >= 11 is 6.77. The maximum atomic E-state index is 11.7. The molecule has 2 aromatic carbocycles. The van der Waals surface area contributed by atoms with Crippen LogP contribution in [0.15, 0.2) is 57.7 Å². The minimum atomic E-state index is -0.896. The third-order valence-electron chi connectivity index (χ3n) is 5.35. The predicted octanol–water partition coefficient (Wildman–Crippen LogP) is 4.28. The second-order valence-corrected chi connectivity index (χ2v) is 10.0. The maximum Gasteiger partial charge on any atom is 1.00 e. The van der Waals surface area contributed by atoms with E-state index in [1.807, 2.05) is 36.7 Å². The summed E-state index contributed by atoms with van der Waals surface area (Å²) in [5.41, 5.74) is 2.91. The molecule has 4 rings (SSSR count). The van der Waals surface area contributed by atoms with Crippen molar-refractivity contribution in [3.63, 3.8) is 0 Å². The third-order valence-corrected chi connectivity index (χ3v) is 6.27. The number of carboxylic acid groups (broad SMARTS) is 1. The summed E-state index contributed by atoms with van der Waals surface area (Å²) in [4.78, 5) is 22.8. The molecule has 4 aromatic rings. The van der Waals surface area contributed by atoms with Gasteiger partial charge in [-0.25, -0.2) is 9.59 Å². The number of rotatable bonds is 4. The van der Waals surface area contributed by atoms with Crippen LogP contribution < -0.4 is 29.6 Å². The van der Waals surface area contributed by atoms with E-state index in [0.717, 1.165) is 30.8 Å². The topological polar surface area (TPSA) is 103 Å². The molecule has 0 amide bonds. The number of nitrogens with zero attached hydrogens (tertiary/aromatic N) is 2. The molecule has 0 bridgehead atoms. The van der Waals surface area contributed by atoms with Gasteiger partial charge in [-0.1, -0.05) is 31.9 Å². The molecule has 0 spiro atoms. The second kappa shape index (κ2) is 13.1. The number of hydrogen-bond donors (Lipinski definition) is 1. The van der Waals surface area contributed by atoms with Crippen molar-refractivity contribution in [2.24, 2.45) is 0 Å². The van der Waals surface area contributed by atoms with Gasteiger partial charge in [0, 0.05) is 44.2 Å². The molecule has 35 heavy (non-hydrogen) atoms. The SMILES string of the molecule is CC(C)n1ccc2c(C(=O)O)cc(Br)cc21.COC(=O)c1cc(Br)cc2c1ccn2C(C)C.[Na+].[OH-]. The number of hydrogen-bond acceptors (Lipinski definition) is 4. The summed E-state index contributed by atoms with van der Waals surface area (Å²) < 4.78 is 10.7. The summed E-state index contributed by atoms with van der Waals surface area (Å²) in [5.74, 6) is -1.20. The fourth-order valence-corrected chi connectivity index (χ4v) is 4.70. The van der Waals surface area contributed by atoms with Gasteiger partial charge in [0.05, 0.1) is 29.3 Å². The number of carboxylic acids is 1. The van der Waals surface area contributed by atoms with E-state index in [4.69, 9.17) is 9.84 Å². The van der Waals surface area contributed by atoms with Gasteiger partial charge in [-0.3, -0.25) is 0 Å². The van der Waals surface area contributed by atoms with Crippen LogP contribution in [-0.4, -0.2) is 38.8 Å². The number of aromatic nitrogens is 2. The van der Waals surface area contributed by atoms with E-state index in [1.54, 1.807) is 12.1 Å². The molecule has 0 unspecified atom stereocenters. The summed E-state index contributed by atoms with van der Waals surface area (Å²) in [7, 11) is 1.40. The summed E-state index contributed by atoms with van der Waals surface area (Å²) in [6.45, 7) is 8.36. The fourth-order valence-electron chi connectivity index (χ4n) is 3.81. The van der Waals surface area contributed by atoms with E-state index in [-0.39, 0.29) is 41.0 Å². The Balaban J connectivity index is 0.000000332. The van der Waals surface area contributed by atoms with Crippen molar-refractivity contribution in [3.05, 3.63) is 68.9 Å². The Hall–Kier alpha value is -1.62. The number of methoxy groups -OCH3 is 1. The van der Waals surface area contributed by atoms with Gasteiger partial charge in [0.15, 0.2) is 0 Å². The molecule has 7 nitrogen and oxygen atoms in total. The van der Waals surface area contributed by atoms with Crippen molar-refractivity contribution in [2.45, 2.75) is 39.8 Å². The molecule has 0 aliphatic carbocycles. The molecule has 0 fully saturated rings. The molecular formula is C25H27Br2N2NaO5. The van der Waals surface area contributed by atoms with E-state index in [9.17, 15) is 9.59 Å². The minimum Gasteiger partial charge on any atom is -0.870 e. The standard InChI is InChI=1S/C13H14BrNO2.C12H12BrNO2.Na.H2O/c1-8(2)15-5-4-10-11(13(16)17-3)6-9(14)7-12(10)15;1-7(2)14-4-3-9-10(12(15)16)5-8(13)6-11(9)14;;/h4-8H,1-3H3;3-7H,1-2H3,(H,15,16);;1H2/q;;+1;/p-1. The first-order valence-corrected chi connectivity index (χ1v) is 12.1. The van der Waals surface area contributed by atoms with Crippen LogP contribution >= 0.6 is 31.9 Å². The van der Waals surface area contributed by atoms with Gasteiger partial charge in [0.2, 0.25) is 0 Å². The second-order valence-electron chi connectivity index (χ2n) is 8.20. The first-order valence-electron chi connectivity index (χ1n) is 10.5. The molecule has 0 aliphatic heterocycles. The van der Waals surface area contributed by atoms with Gasteiger partial charge < -0.3 is 24.5 Å². The first-order chi connectivity index (χ1) is 15.5. The molecule has 2 aromatic heterocycles. The Kier molecular flexibility index (Phi) is 11.7. The average Bonchev–Trinajstić information content (AvgIpc) is 3.36. The Morgan fingerprint density at radius 2 is 1.23 bits per heavy atom.